The van der Waals surface area contributed by atoms with Gasteiger partial charge in [-0.15, -0.1) is 5.10 Å². The minimum absolute atomic E-state index is 0.657. The highest BCUT2D eigenvalue weighted by Crippen LogP contribution is 2.12. The van der Waals surface area contributed by atoms with E-state index < -0.39 is 0 Å². The monoisotopic (exact) mass is 187 g/mol. The van der Waals surface area contributed by atoms with Crippen molar-refractivity contribution in [2.75, 3.05) is 0 Å². The Hall–Kier alpha value is -1.51. The van der Waals surface area contributed by atoms with Crippen molar-refractivity contribution in [1.29, 1.82) is 0 Å². The van der Waals surface area contributed by atoms with Gasteiger partial charge in [0, 0.05) is 11.6 Å². The normalized spacial score (nSPS) is 11.1. The van der Waals surface area contributed by atoms with Gasteiger partial charge in [0.15, 0.2) is 5.65 Å². The van der Waals surface area contributed by atoms with Crippen LogP contribution in [0.1, 0.15) is 19.4 Å². The van der Waals surface area contributed by atoms with Gasteiger partial charge in [0.25, 0.3) is 0 Å². The number of nitrogens with zero attached hydrogens (tertiary/aromatic N) is 3. The van der Waals surface area contributed by atoms with Gasteiger partial charge >= 0.3 is 0 Å². The summed E-state index contributed by atoms with van der Waals surface area (Å²) in [6, 6.07) is 4.08. The van der Waals surface area contributed by atoms with E-state index in [0.29, 0.717) is 5.92 Å². The second-order valence-electron chi connectivity index (χ2n) is 3.89. The lowest BCUT2D eigenvalue weighted by molar-refractivity contribution is 0.646. The molecule has 0 aliphatic heterocycles. The van der Waals surface area contributed by atoms with Crippen LogP contribution in [0, 0.1) is 5.92 Å². The van der Waals surface area contributed by atoms with Gasteiger partial charge in [-0.3, -0.25) is 0 Å². The van der Waals surface area contributed by atoms with E-state index in [-0.39, 0.29) is 0 Å². The Morgan fingerprint density at radius 3 is 3.00 bits per heavy atom. The van der Waals surface area contributed by atoms with E-state index in [4.69, 9.17) is 0 Å². The zero-order chi connectivity index (χ0) is 9.97. The predicted molar refractivity (Wildman–Crippen MR) is 55.9 cm³/mol. The maximum Gasteiger partial charge on any atom is 0.181 e. The SMILES string of the molecule is CC(C)Cc1cnc2nnccc2c1. The average Bonchev–Trinajstić information content (AvgIpc) is 2.17. The molecule has 0 radical (unpaired) electrons. The van der Waals surface area contributed by atoms with Crippen molar-refractivity contribution < 1.29 is 0 Å². The number of hydrogen-bond donors (Lipinski definition) is 0. The fraction of sp³-hybridized carbons (Fsp3) is 0.364. The number of rotatable bonds is 2. The summed E-state index contributed by atoms with van der Waals surface area (Å²) in [6.07, 6.45) is 4.64. The first-order chi connectivity index (χ1) is 6.75. The van der Waals surface area contributed by atoms with Crippen LogP contribution >= 0.6 is 0 Å². The Balaban J connectivity index is 2.41. The Labute approximate surface area is 83.2 Å². The van der Waals surface area contributed by atoms with Gasteiger partial charge in [0.2, 0.25) is 0 Å². The fourth-order valence-corrected chi connectivity index (χ4v) is 1.51. The van der Waals surface area contributed by atoms with Gasteiger partial charge in [-0.1, -0.05) is 13.8 Å². The number of fused-ring (bicyclic) bond motifs is 1. The van der Waals surface area contributed by atoms with Crippen LogP contribution in [-0.2, 0) is 6.42 Å². The molecule has 0 amide bonds. The molecule has 2 aromatic heterocycles. The van der Waals surface area contributed by atoms with E-state index in [9.17, 15) is 0 Å². The second kappa shape index (κ2) is 3.70. The van der Waals surface area contributed by atoms with Crippen molar-refractivity contribution in [3.05, 3.63) is 30.1 Å². The van der Waals surface area contributed by atoms with Gasteiger partial charge in [-0.05, 0) is 30.0 Å². The first-order valence-corrected chi connectivity index (χ1v) is 4.82. The van der Waals surface area contributed by atoms with Crippen molar-refractivity contribution in [3.8, 4) is 0 Å². The maximum absolute atomic E-state index is 4.26. The predicted octanol–water partition coefficient (Wildman–Crippen LogP) is 2.22. The van der Waals surface area contributed by atoms with E-state index in [0.717, 1.165) is 17.5 Å². The Morgan fingerprint density at radius 2 is 2.21 bits per heavy atom. The van der Waals surface area contributed by atoms with Crippen LogP contribution in [0.5, 0.6) is 0 Å². The summed E-state index contributed by atoms with van der Waals surface area (Å²) in [7, 11) is 0. The van der Waals surface area contributed by atoms with E-state index in [1.54, 1.807) is 6.20 Å². The molecule has 0 fully saturated rings. The first-order valence-electron chi connectivity index (χ1n) is 4.82. The highest BCUT2D eigenvalue weighted by Gasteiger charge is 2.00. The van der Waals surface area contributed by atoms with Crippen LogP contribution in [0.3, 0.4) is 0 Å². The summed E-state index contributed by atoms with van der Waals surface area (Å²) in [5, 5.41) is 8.80. The number of pyridine rings is 1. The molecule has 0 aromatic carbocycles. The van der Waals surface area contributed by atoms with Crippen molar-refractivity contribution in [1.82, 2.24) is 15.2 Å². The Bertz CT molecular complexity index is 437. The molecule has 3 heteroatoms. The summed E-state index contributed by atoms with van der Waals surface area (Å²) in [5.41, 5.74) is 1.99. The van der Waals surface area contributed by atoms with Crippen LogP contribution in [0.4, 0.5) is 0 Å². The summed E-state index contributed by atoms with van der Waals surface area (Å²) < 4.78 is 0. The fourth-order valence-electron chi connectivity index (χ4n) is 1.51. The van der Waals surface area contributed by atoms with Gasteiger partial charge in [0.1, 0.15) is 0 Å². The molecule has 2 heterocycles. The van der Waals surface area contributed by atoms with Crippen LogP contribution < -0.4 is 0 Å². The third-order valence-electron chi connectivity index (χ3n) is 2.07. The lowest BCUT2D eigenvalue weighted by Gasteiger charge is -2.04. The molecule has 2 aromatic rings. The average molecular weight is 187 g/mol. The van der Waals surface area contributed by atoms with Crippen LogP contribution in [0.25, 0.3) is 11.0 Å². The third-order valence-corrected chi connectivity index (χ3v) is 2.07. The van der Waals surface area contributed by atoms with Crippen LogP contribution in [0.2, 0.25) is 0 Å². The molecule has 0 unspecified atom stereocenters. The third kappa shape index (κ3) is 1.87. The lowest BCUT2D eigenvalue weighted by atomic mass is 10.0. The molecule has 0 spiro atoms. The topological polar surface area (TPSA) is 38.7 Å². The maximum atomic E-state index is 4.26. The Morgan fingerprint density at radius 1 is 1.36 bits per heavy atom. The van der Waals surface area contributed by atoms with E-state index >= 15 is 0 Å². The molecule has 0 aliphatic carbocycles. The van der Waals surface area contributed by atoms with E-state index in [1.165, 1.54) is 5.56 Å². The molecule has 0 aliphatic rings. The van der Waals surface area contributed by atoms with Crippen LogP contribution in [-0.4, -0.2) is 15.2 Å². The van der Waals surface area contributed by atoms with Gasteiger partial charge < -0.3 is 0 Å². The summed E-state index contributed by atoms with van der Waals surface area (Å²) in [6.45, 7) is 4.41. The smallest absolute Gasteiger partial charge is 0.181 e. The number of aromatic nitrogens is 3. The van der Waals surface area contributed by atoms with Gasteiger partial charge in [0.05, 0.1) is 6.20 Å². The molecule has 0 bridgehead atoms. The number of hydrogen-bond acceptors (Lipinski definition) is 3. The largest absolute Gasteiger partial charge is 0.235 e. The minimum Gasteiger partial charge on any atom is -0.235 e. The second-order valence-corrected chi connectivity index (χ2v) is 3.89. The van der Waals surface area contributed by atoms with Crippen molar-refractivity contribution in [3.63, 3.8) is 0 Å². The molecular formula is C11H13N3. The highest BCUT2D eigenvalue weighted by molar-refractivity contribution is 5.73. The quantitative estimate of drug-likeness (QED) is 0.723. The summed E-state index contributed by atoms with van der Waals surface area (Å²) in [4.78, 5) is 4.26. The molecule has 0 saturated carbocycles. The molecule has 14 heavy (non-hydrogen) atoms. The van der Waals surface area contributed by atoms with Gasteiger partial charge in [-0.25, -0.2) is 4.98 Å². The zero-order valence-electron chi connectivity index (χ0n) is 8.44. The zero-order valence-corrected chi connectivity index (χ0v) is 8.44. The standard InChI is InChI=1S/C11H13N3/c1-8(2)5-9-6-10-3-4-13-14-11(10)12-7-9/h3-4,6-8H,5H2,1-2H3. The summed E-state index contributed by atoms with van der Waals surface area (Å²) in [5.74, 6) is 0.657. The van der Waals surface area contributed by atoms with E-state index in [1.807, 2.05) is 12.3 Å². The molecule has 0 atom stereocenters. The highest BCUT2D eigenvalue weighted by atomic mass is 15.1. The van der Waals surface area contributed by atoms with Crippen molar-refractivity contribution in [2.45, 2.75) is 20.3 Å². The molecule has 0 N–H and O–H groups in total. The minimum atomic E-state index is 0.657. The molecule has 72 valence electrons. The van der Waals surface area contributed by atoms with E-state index in [2.05, 4.69) is 35.1 Å². The molecule has 2 rings (SSSR count). The van der Waals surface area contributed by atoms with Crippen LogP contribution in [0.15, 0.2) is 24.5 Å². The van der Waals surface area contributed by atoms with Gasteiger partial charge in [-0.2, -0.15) is 5.10 Å². The summed E-state index contributed by atoms with van der Waals surface area (Å²) >= 11 is 0. The van der Waals surface area contributed by atoms with Crippen molar-refractivity contribution in [2.24, 2.45) is 5.92 Å². The molecule has 3 nitrogen and oxygen atoms in total. The van der Waals surface area contributed by atoms with Crippen molar-refractivity contribution >= 4 is 11.0 Å². The lowest BCUT2D eigenvalue weighted by Crippen LogP contribution is -1.96. The molecular weight excluding hydrogens is 174 g/mol. The molecule has 0 saturated heterocycles. The Kier molecular flexibility index (Phi) is 2.39. The first kappa shape index (κ1) is 9.06.